The number of amides is 1. The largest absolute Gasteiger partial charge is 0.298 e. The van der Waals surface area contributed by atoms with Crippen LogP contribution in [0.15, 0.2) is 36.7 Å². The first-order chi connectivity index (χ1) is 11.9. The number of carbonyl (C=O) groups excluding carboxylic acids is 1. The van der Waals surface area contributed by atoms with Crippen molar-refractivity contribution in [2.75, 3.05) is 5.32 Å². The number of rotatable bonds is 4. The Labute approximate surface area is 145 Å². The van der Waals surface area contributed by atoms with E-state index in [-0.39, 0.29) is 17.9 Å². The maximum atomic E-state index is 13.7. The van der Waals surface area contributed by atoms with E-state index in [9.17, 15) is 18.0 Å². The molecule has 1 amide bonds. The van der Waals surface area contributed by atoms with Crippen LogP contribution in [0.5, 0.6) is 0 Å². The van der Waals surface area contributed by atoms with Crippen LogP contribution in [0.2, 0.25) is 0 Å². The highest BCUT2D eigenvalue weighted by Gasteiger charge is 2.15. The summed E-state index contributed by atoms with van der Waals surface area (Å²) in [5.74, 6) is -4.32. The van der Waals surface area contributed by atoms with Gasteiger partial charge in [0.25, 0.3) is 5.91 Å². The second-order valence-corrected chi connectivity index (χ2v) is 6.40. The molecule has 0 aliphatic carbocycles. The Bertz CT molecular complexity index is 925. The molecule has 0 atom stereocenters. The van der Waals surface area contributed by atoms with Gasteiger partial charge in [0.2, 0.25) is 0 Å². The summed E-state index contributed by atoms with van der Waals surface area (Å²) in [5.41, 5.74) is 1.19. The Morgan fingerprint density at radius 1 is 1.08 bits per heavy atom. The minimum atomic E-state index is -1.50. The number of aryl methyl sites for hydroxylation is 1. The van der Waals surface area contributed by atoms with Crippen molar-refractivity contribution in [1.82, 2.24) is 9.97 Å². The normalized spacial score (nSPS) is 10.7. The molecule has 2 heterocycles. The van der Waals surface area contributed by atoms with Crippen molar-refractivity contribution < 1.29 is 18.0 Å². The number of nitrogens with one attached hydrogen (secondary N) is 1. The summed E-state index contributed by atoms with van der Waals surface area (Å²) in [6.07, 6.45) is 2.95. The van der Waals surface area contributed by atoms with Gasteiger partial charge in [-0.1, -0.05) is 6.07 Å². The van der Waals surface area contributed by atoms with Gasteiger partial charge in [0.05, 0.1) is 5.56 Å². The average Bonchev–Trinajstić information content (AvgIpc) is 3.03. The van der Waals surface area contributed by atoms with E-state index < -0.39 is 17.5 Å². The zero-order valence-electron chi connectivity index (χ0n) is 13.0. The second kappa shape index (κ2) is 7.02. The number of anilines is 1. The first-order valence-corrected chi connectivity index (χ1v) is 8.07. The highest BCUT2D eigenvalue weighted by Crippen LogP contribution is 2.24. The molecule has 3 aromatic rings. The topological polar surface area (TPSA) is 54.9 Å². The number of pyridine rings is 1. The van der Waals surface area contributed by atoms with Crippen molar-refractivity contribution in [2.24, 2.45) is 0 Å². The van der Waals surface area contributed by atoms with Crippen LogP contribution in [0.25, 0.3) is 0 Å². The molecule has 25 heavy (non-hydrogen) atoms. The van der Waals surface area contributed by atoms with Crippen LogP contribution in [0.1, 0.15) is 26.5 Å². The average molecular weight is 363 g/mol. The fourth-order valence-electron chi connectivity index (χ4n) is 2.11. The van der Waals surface area contributed by atoms with E-state index >= 15 is 0 Å². The molecule has 0 aliphatic rings. The predicted octanol–water partition coefficient (Wildman–Crippen LogP) is 4.11. The van der Waals surface area contributed by atoms with Crippen molar-refractivity contribution in [1.29, 1.82) is 0 Å². The van der Waals surface area contributed by atoms with Crippen molar-refractivity contribution >= 4 is 22.4 Å². The summed E-state index contributed by atoms with van der Waals surface area (Å²) in [6, 6.07) is 5.42. The molecule has 3 rings (SSSR count). The summed E-state index contributed by atoms with van der Waals surface area (Å²) < 4.78 is 39.9. The van der Waals surface area contributed by atoms with E-state index in [4.69, 9.17) is 0 Å². The summed E-state index contributed by atoms with van der Waals surface area (Å²) in [6.45, 7) is 1.81. The fraction of sp³-hybridized carbons (Fsp3) is 0.118. The van der Waals surface area contributed by atoms with Gasteiger partial charge in [0.15, 0.2) is 22.6 Å². The predicted molar refractivity (Wildman–Crippen MR) is 88.2 cm³/mol. The standard InChI is InChI=1S/C17H12F3N3OS/c1-9-2-3-11(7-21-9)16(24)23-17-22-8-12(25-17)6-10-4-5-13(18)15(20)14(10)19/h2-5,7-8H,6H2,1H3,(H,22,23,24). The van der Waals surface area contributed by atoms with Crippen LogP contribution in [-0.4, -0.2) is 15.9 Å². The number of carbonyl (C=O) groups is 1. The van der Waals surface area contributed by atoms with Crippen molar-refractivity contribution in [3.63, 3.8) is 0 Å². The van der Waals surface area contributed by atoms with Gasteiger partial charge in [-0.15, -0.1) is 11.3 Å². The smallest absolute Gasteiger partial charge is 0.259 e. The minimum Gasteiger partial charge on any atom is -0.298 e. The van der Waals surface area contributed by atoms with Crippen molar-refractivity contribution in [3.05, 3.63) is 75.8 Å². The molecule has 128 valence electrons. The summed E-state index contributed by atoms with van der Waals surface area (Å²) in [7, 11) is 0. The highest BCUT2D eigenvalue weighted by molar-refractivity contribution is 7.15. The molecule has 0 unspecified atom stereocenters. The van der Waals surface area contributed by atoms with E-state index in [1.165, 1.54) is 18.5 Å². The number of halogens is 3. The van der Waals surface area contributed by atoms with Gasteiger partial charge in [-0.25, -0.2) is 18.2 Å². The van der Waals surface area contributed by atoms with Crippen LogP contribution >= 0.6 is 11.3 Å². The number of hydrogen-bond donors (Lipinski definition) is 1. The molecular weight excluding hydrogens is 351 g/mol. The minimum absolute atomic E-state index is 0.0168. The molecule has 0 bridgehead atoms. The molecule has 0 fully saturated rings. The molecule has 0 saturated carbocycles. The summed E-state index contributed by atoms with van der Waals surface area (Å²) in [4.78, 5) is 20.8. The quantitative estimate of drug-likeness (QED) is 0.710. The Morgan fingerprint density at radius 3 is 2.60 bits per heavy atom. The van der Waals surface area contributed by atoms with Gasteiger partial charge in [-0.3, -0.25) is 15.1 Å². The summed E-state index contributed by atoms with van der Waals surface area (Å²) >= 11 is 1.13. The molecule has 2 aromatic heterocycles. The van der Waals surface area contributed by atoms with Crippen molar-refractivity contribution in [2.45, 2.75) is 13.3 Å². The number of thiazole rings is 1. The third-order valence-electron chi connectivity index (χ3n) is 3.43. The van der Waals surface area contributed by atoms with Crippen LogP contribution in [0.4, 0.5) is 18.3 Å². The Morgan fingerprint density at radius 2 is 1.88 bits per heavy atom. The van der Waals surface area contributed by atoms with Gasteiger partial charge >= 0.3 is 0 Å². The van der Waals surface area contributed by atoms with Gasteiger partial charge < -0.3 is 0 Å². The van der Waals surface area contributed by atoms with Gasteiger partial charge in [0, 0.05) is 29.4 Å². The zero-order valence-corrected chi connectivity index (χ0v) is 13.8. The lowest BCUT2D eigenvalue weighted by molar-refractivity contribution is 0.102. The lowest BCUT2D eigenvalue weighted by Gasteiger charge is -2.03. The Kier molecular flexibility index (Phi) is 4.80. The highest BCUT2D eigenvalue weighted by atomic mass is 32.1. The van der Waals surface area contributed by atoms with E-state index in [0.29, 0.717) is 15.6 Å². The molecule has 0 spiro atoms. The van der Waals surface area contributed by atoms with Crippen LogP contribution in [0.3, 0.4) is 0 Å². The van der Waals surface area contributed by atoms with Crippen LogP contribution < -0.4 is 5.32 Å². The number of nitrogens with zero attached hydrogens (tertiary/aromatic N) is 2. The molecule has 8 heteroatoms. The zero-order chi connectivity index (χ0) is 18.0. The second-order valence-electron chi connectivity index (χ2n) is 5.29. The third-order valence-corrected chi connectivity index (χ3v) is 4.34. The van der Waals surface area contributed by atoms with Gasteiger partial charge in [-0.05, 0) is 30.7 Å². The molecule has 0 radical (unpaired) electrons. The molecule has 1 N–H and O–H groups in total. The van der Waals surface area contributed by atoms with Gasteiger partial charge in [0.1, 0.15) is 0 Å². The Hall–Kier alpha value is -2.74. The number of benzene rings is 1. The van der Waals surface area contributed by atoms with E-state index in [1.807, 2.05) is 6.92 Å². The van der Waals surface area contributed by atoms with E-state index in [0.717, 1.165) is 23.1 Å². The fourth-order valence-corrected chi connectivity index (χ4v) is 2.94. The van der Waals surface area contributed by atoms with Crippen LogP contribution in [-0.2, 0) is 6.42 Å². The number of hydrogen-bond acceptors (Lipinski definition) is 4. The van der Waals surface area contributed by atoms with Crippen LogP contribution in [0, 0.1) is 24.4 Å². The third kappa shape index (κ3) is 3.85. The molecular formula is C17H12F3N3OS. The maximum absolute atomic E-state index is 13.7. The first kappa shape index (κ1) is 17.1. The molecule has 0 aliphatic heterocycles. The first-order valence-electron chi connectivity index (χ1n) is 7.25. The molecule has 4 nitrogen and oxygen atoms in total. The molecule has 0 saturated heterocycles. The van der Waals surface area contributed by atoms with Crippen molar-refractivity contribution in [3.8, 4) is 0 Å². The monoisotopic (exact) mass is 363 g/mol. The molecule has 1 aromatic carbocycles. The van der Waals surface area contributed by atoms with E-state index in [1.54, 1.807) is 12.1 Å². The number of aromatic nitrogens is 2. The van der Waals surface area contributed by atoms with E-state index in [2.05, 4.69) is 15.3 Å². The maximum Gasteiger partial charge on any atom is 0.259 e. The lowest BCUT2D eigenvalue weighted by atomic mass is 10.1. The lowest BCUT2D eigenvalue weighted by Crippen LogP contribution is -2.11. The Balaban J connectivity index is 1.71. The SMILES string of the molecule is Cc1ccc(C(=O)Nc2ncc(Cc3ccc(F)c(F)c3F)s2)cn1. The summed E-state index contributed by atoms with van der Waals surface area (Å²) in [5, 5.41) is 2.94. The van der Waals surface area contributed by atoms with Gasteiger partial charge in [-0.2, -0.15) is 0 Å².